The molecule has 0 bridgehead atoms. The van der Waals surface area contributed by atoms with Gasteiger partial charge in [-0.2, -0.15) is 4.89 Å². The fourth-order valence-electron chi connectivity index (χ4n) is 2.05. The van der Waals surface area contributed by atoms with Crippen molar-refractivity contribution in [3.8, 4) is 0 Å². The third-order valence-electron chi connectivity index (χ3n) is 3.08. The highest BCUT2D eigenvalue weighted by Crippen LogP contribution is 2.25. The van der Waals surface area contributed by atoms with Crippen molar-refractivity contribution in [2.24, 2.45) is 17.6 Å². The molecule has 0 aromatic carbocycles. The summed E-state index contributed by atoms with van der Waals surface area (Å²) in [6.45, 7) is 2.52. The topological polar surface area (TPSA) is 119 Å². The Bertz CT molecular complexity index is 271. The molecule has 0 aliphatic heterocycles. The molecule has 0 saturated heterocycles. The van der Waals surface area contributed by atoms with Gasteiger partial charge in [0.15, 0.2) is 0 Å². The molecule has 0 aliphatic carbocycles. The maximum atomic E-state index is 11.2. The Balaban J connectivity index is 4.16. The molecule has 0 aromatic rings. The Hall–Kier alpha value is -1.34. The lowest BCUT2D eigenvalue weighted by Gasteiger charge is -2.22. The highest BCUT2D eigenvalue weighted by molar-refractivity contribution is 5.70. The molecule has 112 valence electrons. The van der Waals surface area contributed by atoms with Gasteiger partial charge >= 0.3 is 12.1 Å². The van der Waals surface area contributed by atoms with Gasteiger partial charge in [0.1, 0.15) is 0 Å². The standard InChI is InChI=1S/C12H23NO6/c1-2-9(6-8-18-19-12(16)17)10(11(14)15)5-3-4-7-13/h9-10H,2-8,13H2,1H3,(H,14,15)(H,16,17). The molecule has 7 nitrogen and oxygen atoms in total. The van der Waals surface area contributed by atoms with Crippen molar-refractivity contribution < 1.29 is 29.6 Å². The first-order valence-electron chi connectivity index (χ1n) is 6.48. The van der Waals surface area contributed by atoms with E-state index in [1.54, 1.807) is 0 Å². The summed E-state index contributed by atoms with van der Waals surface area (Å²) in [7, 11) is 0. The summed E-state index contributed by atoms with van der Waals surface area (Å²) in [6, 6.07) is 0. The summed E-state index contributed by atoms with van der Waals surface area (Å²) in [4.78, 5) is 29.7. The van der Waals surface area contributed by atoms with Crippen molar-refractivity contribution in [3.05, 3.63) is 0 Å². The molecule has 0 radical (unpaired) electrons. The van der Waals surface area contributed by atoms with Crippen LogP contribution in [-0.2, 0) is 14.6 Å². The van der Waals surface area contributed by atoms with Crippen LogP contribution in [0.25, 0.3) is 0 Å². The first kappa shape index (κ1) is 17.7. The quantitative estimate of drug-likeness (QED) is 0.299. The lowest BCUT2D eigenvalue weighted by atomic mass is 9.84. The molecule has 2 unspecified atom stereocenters. The maximum absolute atomic E-state index is 11.2. The van der Waals surface area contributed by atoms with Crippen LogP contribution >= 0.6 is 0 Å². The number of carbonyl (C=O) groups is 2. The minimum Gasteiger partial charge on any atom is -0.481 e. The van der Waals surface area contributed by atoms with Gasteiger partial charge in [-0.3, -0.25) is 9.68 Å². The lowest BCUT2D eigenvalue weighted by Crippen LogP contribution is -2.25. The third-order valence-corrected chi connectivity index (χ3v) is 3.08. The maximum Gasteiger partial charge on any atom is 0.537 e. The van der Waals surface area contributed by atoms with Crippen LogP contribution in [0.15, 0.2) is 0 Å². The SMILES string of the molecule is CCC(CCOOC(=O)O)C(CCCCN)C(=O)O. The number of hydrogen-bond donors (Lipinski definition) is 3. The Morgan fingerprint density at radius 1 is 1.21 bits per heavy atom. The number of carboxylic acid groups (broad SMARTS) is 2. The van der Waals surface area contributed by atoms with Crippen molar-refractivity contribution in [2.45, 2.75) is 39.0 Å². The molecule has 0 heterocycles. The minimum absolute atomic E-state index is 0.0610. The van der Waals surface area contributed by atoms with E-state index >= 15 is 0 Å². The fraction of sp³-hybridized carbons (Fsp3) is 0.833. The lowest BCUT2D eigenvalue weighted by molar-refractivity contribution is -0.253. The van der Waals surface area contributed by atoms with E-state index in [9.17, 15) is 14.7 Å². The molecule has 0 amide bonds. The zero-order chi connectivity index (χ0) is 14.7. The number of unbranched alkanes of at least 4 members (excludes halogenated alkanes) is 1. The zero-order valence-corrected chi connectivity index (χ0v) is 11.2. The van der Waals surface area contributed by atoms with Crippen LogP contribution in [0, 0.1) is 11.8 Å². The van der Waals surface area contributed by atoms with Crippen LogP contribution < -0.4 is 5.73 Å². The van der Waals surface area contributed by atoms with E-state index in [0.29, 0.717) is 25.8 Å². The van der Waals surface area contributed by atoms with E-state index in [-0.39, 0.29) is 12.5 Å². The molecule has 0 saturated carbocycles. The molecule has 2 atom stereocenters. The summed E-state index contributed by atoms with van der Waals surface area (Å²) in [6.07, 6.45) is 1.78. The largest absolute Gasteiger partial charge is 0.537 e. The van der Waals surface area contributed by atoms with E-state index in [0.717, 1.165) is 12.8 Å². The predicted octanol–water partition coefficient (Wildman–Crippen LogP) is 1.86. The average molecular weight is 277 g/mol. The number of carboxylic acids is 1. The molecule has 7 heteroatoms. The Labute approximate surface area is 112 Å². The molecular weight excluding hydrogens is 254 g/mol. The molecule has 4 N–H and O–H groups in total. The van der Waals surface area contributed by atoms with Gasteiger partial charge in [-0.05, 0) is 31.7 Å². The van der Waals surface area contributed by atoms with Crippen molar-refractivity contribution in [1.82, 2.24) is 0 Å². The summed E-state index contributed by atoms with van der Waals surface area (Å²) in [5.41, 5.74) is 5.39. The monoisotopic (exact) mass is 277 g/mol. The number of rotatable bonds is 11. The fourth-order valence-corrected chi connectivity index (χ4v) is 2.05. The summed E-state index contributed by atoms with van der Waals surface area (Å²) in [5.74, 6) is -1.35. The van der Waals surface area contributed by atoms with Gasteiger partial charge in [0.25, 0.3) is 0 Å². The van der Waals surface area contributed by atoms with E-state index < -0.39 is 18.0 Å². The highest BCUT2D eigenvalue weighted by atomic mass is 17.2. The summed E-state index contributed by atoms with van der Waals surface area (Å²) >= 11 is 0. The highest BCUT2D eigenvalue weighted by Gasteiger charge is 2.26. The molecule has 0 aliphatic rings. The molecule has 19 heavy (non-hydrogen) atoms. The normalized spacial score (nSPS) is 13.8. The molecule has 0 rings (SSSR count). The van der Waals surface area contributed by atoms with Crippen molar-refractivity contribution in [2.75, 3.05) is 13.2 Å². The second kappa shape index (κ2) is 10.6. The van der Waals surface area contributed by atoms with Crippen molar-refractivity contribution in [3.63, 3.8) is 0 Å². The van der Waals surface area contributed by atoms with Gasteiger partial charge < -0.3 is 15.9 Å². The Morgan fingerprint density at radius 2 is 1.89 bits per heavy atom. The second-order valence-electron chi connectivity index (χ2n) is 4.36. The van der Waals surface area contributed by atoms with Gasteiger partial charge in [-0.25, -0.2) is 4.79 Å². The number of aliphatic carboxylic acids is 1. The van der Waals surface area contributed by atoms with Crippen LogP contribution in [0.2, 0.25) is 0 Å². The zero-order valence-electron chi connectivity index (χ0n) is 11.2. The number of nitrogens with two attached hydrogens (primary N) is 1. The number of hydrogen-bond acceptors (Lipinski definition) is 5. The Morgan fingerprint density at radius 3 is 2.37 bits per heavy atom. The first-order chi connectivity index (χ1) is 9.02. The van der Waals surface area contributed by atoms with Crippen molar-refractivity contribution >= 4 is 12.1 Å². The van der Waals surface area contributed by atoms with Crippen LogP contribution in [0.1, 0.15) is 39.0 Å². The van der Waals surface area contributed by atoms with Gasteiger partial charge in [-0.1, -0.05) is 19.8 Å². The molecule has 0 aromatic heterocycles. The van der Waals surface area contributed by atoms with Crippen LogP contribution in [0.5, 0.6) is 0 Å². The third kappa shape index (κ3) is 8.39. The molecular formula is C12H23NO6. The summed E-state index contributed by atoms with van der Waals surface area (Å²) < 4.78 is 0. The minimum atomic E-state index is -1.51. The second-order valence-corrected chi connectivity index (χ2v) is 4.36. The van der Waals surface area contributed by atoms with Crippen LogP contribution in [0.4, 0.5) is 4.79 Å². The van der Waals surface area contributed by atoms with Gasteiger partial charge in [0.05, 0.1) is 12.5 Å². The first-order valence-corrected chi connectivity index (χ1v) is 6.48. The molecule has 0 fully saturated rings. The van der Waals surface area contributed by atoms with Crippen LogP contribution in [0.3, 0.4) is 0 Å². The van der Waals surface area contributed by atoms with E-state index in [2.05, 4.69) is 9.78 Å². The van der Waals surface area contributed by atoms with Gasteiger partial charge in [0, 0.05) is 0 Å². The Kier molecular flexibility index (Phi) is 9.82. The average Bonchev–Trinajstić information content (AvgIpc) is 2.35. The van der Waals surface area contributed by atoms with Gasteiger partial charge in [-0.15, -0.1) is 0 Å². The van der Waals surface area contributed by atoms with E-state index in [4.69, 9.17) is 10.8 Å². The predicted molar refractivity (Wildman–Crippen MR) is 67.5 cm³/mol. The summed E-state index contributed by atoms with van der Waals surface area (Å²) in [5, 5.41) is 17.4. The van der Waals surface area contributed by atoms with Gasteiger partial charge in [0.2, 0.25) is 0 Å². The van der Waals surface area contributed by atoms with E-state index in [1.807, 2.05) is 6.92 Å². The molecule has 0 spiro atoms. The van der Waals surface area contributed by atoms with E-state index in [1.165, 1.54) is 0 Å². The van der Waals surface area contributed by atoms with Crippen molar-refractivity contribution in [1.29, 1.82) is 0 Å². The smallest absolute Gasteiger partial charge is 0.481 e. The van der Waals surface area contributed by atoms with Crippen LogP contribution in [-0.4, -0.2) is 35.5 Å².